The Hall–Kier alpha value is -3.40. The van der Waals surface area contributed by atoms with Crippen LogP contribution >= 0.6 is 0 Å². The van der Waals surface area contributed by atoms with Crippen molar-refractivity contribution in [3.8, 4) is 6.07 Å². The number of H-pyrrole nitrogens is 1. The zero-order valence-corrected chi connectivity index (χ0v) is 16.7. The molecule has 0 bridgehead atoms. The van der Waals surface area contributed by atoms with Crippen molar-refractivity contribution in [2.24, 2.45) is 0 Å². The molecule has 0 unspecified atom stereocenters. The lowest BCUT2D eigenvalue weighted by Gasteiger charge is -2.29. The molecule has 0 spiro atoms. The lowest BCUT2D eigenvalue weighted by atomic mass is 9.83. The Bertz CT molecular complexity index is 1030. The average Bonchev–Trinajstić information content (AvgIpc) is 3.05. The molecule has 1 aromatic heterocycles. The molecule has 3 rings (SSSR count). The van der Waals surface area contributed by atoms with E-state index in [4.69, 9.17) is 4.74 Å². The van der Waals surface area contributed by atoms with Crippen molar-refractivity contribution in [1.29, 1.82) is 5.26 Å². The Kier molecular flexibility index (Phi) is 5.29. The third-order valence-corrected chi connectivity index (χ3v) is 4.70. The summed E-state index contributed by atoms with van der Waals surface area (Å²) < 4.78 is 18.6. The number of rotatable bonds is 3. The number of benzene rings is 1. The fourth-order valence-electron chi connectivity index (χ4n) is 3.36. The van der Waals surface area contributed by atoms with E-state index in [0.717, 1.165) is 5.56 Å². The van der Waals surface area contributed by atoms with Crippen molar-refractivity contribution >= 4 is 17.4 Å². The number of hydrogen-bond acceptors (Lipinski definition) is 4. The molecule has 29 heavy (non-hydrogen) atoms. The van der Waals surface area contributed by atoms with Gasteiger partial charge in [0.1, 0.15) is 17.6 Å². The van der Waals surface area contributed by atoms with Gasteiger partial charge in [0.2, 0.25) is 0 Å². The fourth-order valence-corrected chi connectivity index (χ4v) is 3.36. The van der Waals surface area contributed by atoms with E-state index >= 15 is 0 Å². The largest absolute Gasteiger partial charge is 0.459 e. The molecule has 0 saturated heterocycles. The van der Waals surface area contributed by atoms with Crippen molar-refractivity contribution in [3.63, 3.8) is 0 Å². The van der Waals surface area contributed by atoms with E-state index in [0.29, 0.717) is 17.0 Å². The standard InChI is InChI=1S/C22H22FN3O3/c1-13(2)29-21(28)17-11-26(20(27)14-5-7-15(23)8-6-14)12-22(3,4)18-9-16(10-24)25-19(17)18/h5-9,11,13,25H,12H2,1-4H3. The molecule has 1 N–H and O–H groups in total. The van der Waals surface area contributed by atoms with Crippen LogP contribution in [0.15, 0.2) is 36.5 Å². The molecule has 6 nitrogen and oxygen atoms in total. The van der Waals surface area contributed by atoms with Gasteiger partial charge in [0.25, 0.3) is 5.91 Å². The number of nitrogens with zero attached hydrogens (tertiary/aromatic N) is 2. The van der Waals surface area contributed by atoms with Crippen LogP contribution in [-0.2, 0) is 14.9 Å². The number of carbonyl (C=O) groups is 2. The molecule has 1 aliphatic rings. The highest BCUT2D eigenvalue weighted by atomic mass is 19.1. The number of aromatic amines is 1. The molecule has 0 aliphatic carbocycles. The summed E-state index contributed by atoms with van der Waals surface area (Å²) in [6.07, 6.45) is 1.09. The number of hydrogen-bond donors (Lipinski definition) is 1. The maximum absolute atomic E-state index is 13.3. The van der Waals surface area contributed by atoms with Gasteiger partial charge in [-0.15, -0.1) is 0 Å². The zero-order chi connectivity index (χ0) is 21.3. The Balaban J connectivity index is 2.12. The molecule has 2 heterocycles. The van der Waals surface area contributed by atoms with Crippen LogP contribution in [0.25, 0.3) is 5.57 Å². The van der Waals surface area contributed by atoms with Gasteiger partial charge in [-0.25, -0.2) is 9.18 Å². The Labute approximate surface area is 168 Å². The lowest BCUT2D eigenvalue weighted by molar-refractivity contribution is -0.140. The molecule has 0 radical (unpaired) electrons. The molecule has 1 aliphatic heterocycles. The number of amides is 1. The highest BCUT2D eigenvalue weighted by Gasteiger charge is 2.36. The van der Waals surface area contributed by atoms with Crippen molar-refractivity contribution in [3.05, 3.63) is 64.9 Å². The van der Waals surface area contributed by atoms with Crippen LogP contribution in [-0.4, -0.2) is 34.4 Å². The van der Waals surface area contributed by atoms with Crippen LogP contribution in [0.1, 0.15) is 55.0 Å². The summed E-state index contributed by atoms with van der Waals surface area (Å²) in [4.78, 5) is 30.3. The van der Waals surface area contributed by atoms with E-state index in [2.05, 4.69) is 11.1 Å². The summed E-state index contributed by atoms with van der Waals surface area (Å²) >= 11 is 0. The fraction of sp³-hybridized carbons (Fsp3) is 0.318. The van der Waals surface area contributed by atoms with Gasteiger partial charge in [0.15, 0.2) is 0 Å². The van der Waals surface area contributed by atoms with Gasteiger partial charge in [-0.3, -0.25) is 4.79 Å². The maximum Gasteiger partial charge on any atom is 0.342 e. The lowest BCUT2D eigenvalue weighted by Crippen LogP contribution is -2.36. The summed E-state index contributed by atoms with van der Waals surface area (Å²) in [6, 6.07) is 9.00. The van der Waals surface area contributed by atoms with Crippen LogP contribution in [0.4, 0.5) is 4.39 Å². The number of ether oxygens (including phenoxy) is 1. The number of nitrogens with one attached hydrogen (secondary N) is 1. The average molecular weight is 395 g/mol. The minimum Gasteiger partial charge on any atom is -0.459 e. The summed E-state index contributed by atoms with van der Waals surface area (Å²) in [7, 11) is 0. The van der Waals surface area contributed by atoms with E-state index in [1.165, 1.54) is 35.4 Å². The highest BCUT2D eigenvalue weighted by molar-refractivity contribution is 6.17. The van der Waals surface area contributed by atoms with Gasteiger partial charge < -0.3 is 14.6 Å². The van der Waals surface area contributed by atoms with E-state index in [9.17, 15) is 19.2 Å². The molecular weight excluding hydrogens is 373 g/mol. The Morgan fingerprint density at radius 3 is 2.52 bits per heavy atom. The number of carbonyl (C=O) groups excluding carboxylic acids is 2. The first-order valence-corrected chi connectivity index (χ1v) is 9.25. The Morgan fingerprint density at radius 1 is 1.28 bits per heavy atom. The molecule has 1 aromatic carbocycles. The summed E-state index contributed by atoms with van der Waals surface area (Å²) in [5, 5.41) is 9.30. The summed E-state index contributed by atoms with van der Waals surface area (Å²) in [5.41, 5.74) is 1.44. The second kappa shape index (κ2) is 7.55. The normalized spacial score (nSPS) is 15.2. The maximum atomic E-state index is 13.3. The third-order valence-electron chi connectivity index (χ3n) is 4.70. The molecule has 0 atom stereocenters. The van der Waals surface area contributed by atoms with Crippen LogP contribution in [0.5, 0.6) is 0 Å². The van der Waals surface area contributed by atoms with Crippen molar-refractivity contribution in [2.75, 3.05) is 6.54 Å². The minimum atomic E-state index is -0.595. The highest BCUT2D eigenvalue weighted by Crippen LogP contribution is 2.36. The van der Waals surface area contributed by atoms with Crippen LogP contribution in [0.3, 0.4) is 0 Å². The van der Waals surface area contributed by atoms with Gasteiger partial charge in [0.05, 0.1) is 17.4 Å². The van der Waals surface area contributed by atoms with E-state index < -0.39 is 17.2 Å². The van der Waals surface area contributed by atoms with Crippen molar-refractivity contribution < 1.29 is 18.7 Å². The molecule has 0 saturated carbocycles. The number of nitriles is 1. The van der Waals surface area contributed by atoms with E-state index in [1.807, 2.05) is 13.8 Å². The Morgan fingerprint density at radius 2 is 1.93 bits per heavy atom. The van der Waals surface area contributed by atoms with E-state index in [-0.39, 0.29) is 24.1 Å². The summed E-state index contributed by atoms with van der Waals surface area (Å²) in [5.74, 6) is -1.39. The van der Waals surface area contributed by atoms with Crippen LogP contribution in [0, 0.1) is 17.1 Å². The van der Waals surface area contributed by atoms with Gasteiger partial charge >= 0.3 is 5.97 Å². The first-order valence-electron chi connectivity index (χ1n) is 9.25. The monoisotopic (exact) mass is 395 g/mol. The molecule has 2 aromatic rings. The molecule has 1 amide bonds. The zero-order valence-electron chi connectivity index (χ0n) is 16.7. The predicted octanol–water partition coefficient (Wildman–Crippen LogP) is 3.75. The molecule has 0 fully saturated rings. The molecule has 7 heteroatoms. The minimum absolute atomic E-state index is 0.163. The van der Waals surface area contributed by atoms with Gasteiger partial charge in [-0.05, 0) is 49.7 Å². The van der Waals surface area contributed by atoms with Crippen LogP contribution in [0.2, 0.25) is 0 Å². The first-order chi connectivity index (χ1) is 13.6. The molecular formula is C22H22FN3O3. The number of fused-ring (bicyclic) bond motifs is 1. The number of aromatic nitrogens is 1. The van der Waals surface area contributed by atoms with Gasteiger partial charge in [-0.2, -0.15) is 5.26 Å². The second-order valence-corrected chi connectivity index (χ2v) is 7.90. The van der Waals surface area contributed by atoms with Crippen molar-refractivity contribution in [1.82, 2.24) is 9.88 Å². The first kappa shape index (κ1) is 20.3. The third kappa shape index (κ3) is 4.06. The van der Waals surface area contributed by atoms with Gasteiger partial charge in [0, 0.05) is 23.7 Å². The predicted molar refractivity (Wildman–Crippen MR) is 105 cm³/mol. The number of halogens is 1. The molecule has 150 valence electrons. The second-order valence-electron chi connectivity index (χ2n) is 7.90. The number of esters is 1. The van der Waals surface area contributed by atoms with Gasteiger partial charge in [-0.1, -0.05) is 13.8 Å². The quantitative estimate of drug-likeness (QED) is 0.802. The topological polar surface area (TPSA) is 86.2 Å². The smallest absolute Gasteiger partial charge is 0.342 e. The SMILES string of the molecule is CC(C)OC(=O)C1=CN(C(=O)c2ccc(F)cc2)CC(C)(C)c2cc(C#N)[nH]c21. The van der Waals surface area contributed by atoms with Crippen LogP contribution < -0.4 is 0 Å². The summed E-state index contributed by atoms with van der Waals surface area (Å²) in [6.45, 7) is 7.58. The van der Waals surface area contributed by atoms with Crippen molar-refractivity contribution in [2.45, 2.75) is 39.2 Å². The van der Waals surface area contributed by atoms with E-state index in [1.54, 1.807) is 19.9 Å².